The van der Waals surface area contributed by atoms with Gasteiger partial charge in [-0.3, -0.25) is 4.99 Å². The van der Waals surface area contributed by atoms with E-state index in [2.05, 4.69) is 26.0 Å². The molecule has 0 aliphatic rings. The molecule has 176 valence electrons. The summed E-state index contributed by atoms with van der Waals surface area (Å²) in [6.07, 6.45) is 0.394. The molecule has 4 aromatic carbocycles. The van der Waals surface area contributed by atoms with Crippen molar-refractivity contribution in [2.75, 3.05) is 7.11 Å². The molecule has 0 amide bonds. The molecular weight excluding hydrogens is 430 g/mol. The Hall–Kier alpha value is -3.98. The van der Waals surface area contributed by atoms with Crippen LogP contribution in [0.25, 0.3) is 0 Å². The lowest BCUT2D eigenvalue weighted by Gasteiger charge is -2.43. The highest BCUT2D eigenvalue weighted by atomic mass is 16.5. The predicted octanol–water partition coefficient (Wildman–Crippen LogP) is 6.66. The second-order valence-electron chi connectivity index (χ2n) is 9.20. The molecule has 0 bridgehead atoms. The highest BCUT2D eigenvalue weighted by Crippen LogP contribution is 2.42. The van der Waals surface area contributed by atoms with Crippen LogP contribution >= 0.6 is 0 Å². The maximum Gasteiger partial charge on any atom is 0.335 e. The molecule has 1 unspecified atom stereocenters. The van der Waals surface area contributed by atoms with Crippen molar-refractivity contribution >= 4 is 11.7 Å². The molecule has 0 aromatic heterocycles. The van der Waals surface area contributed by atoms with Gasteiger partial charge in [-0.15, -0.1) is 0 Å². The summed E-state index contributed by atoms with van der Waals surface area (Å²) in [4.78, 5) is 19.3. The van der Waals surface area contributed by atoms with Gasteiger partial charge in [0.25, 0.3) is 0 Å². The average molecular weight is 462 g/mol. The lowest BCUT2D eigenvalue weighted by Crippen LogP contribution is -2.55. The van der Waals surface area contributed by atoms with Crippen molar-refractivity contribution in [3.8, 4) is 0 Å². The third kappa shape index (κ3) is 4.95. The van der Waals surface area contributed by atoms with E-state index in [1.807, 2.05) is 109 Å². The number of methoxy groups -OCH3 is 1. The van der Waals surface area contributed by atoms with Crippen molar-refractivity contribution in [3.63, 3.8) is 0 Å². The fourth-order valence-corrected chi connectivity index (χ4v) is 4.61. The molecule has 35 heavy (non-hydrogen) atoms. The van der Waals surface area contributed by atoms with Crippen LogP contribution in [-0.2, 0) is 21.4 Å². The van der Waals surface area contributed by atoms with Crippen LogP contribution in [0.15, 0.2) is 126 Å². The van der Waals surface area contributed by atoms with Gasteiger partial charge in [-0.1, -0.05) is 135 Å². The van der Waals surface area contributed by atoms with Crippen LogP contribution in [-0.4, -0.2) is 24.3 Å². The molecular formula is C32H31NO2. The fourth-order valence-electron chi connectivity index (χ4n) is 4.61. The summed E-state index contributed by atoms with van der Waals surface area (Å²) >= 11 is 0. The topological polar surface area (TPSA) is 38.7 Å². The molecule has 0 N–H and O–H groups in total. The molecule has 0 saturated heterocycles. The van der Waals surface area contributed by atoms with E-state index >= 15 is 0 Å². The van der Waals surface area contributed by atoms with E-state index in [0.29, 0.717) is 6.42 Å². The summed E-state index contributed by atoms with van der Waals surface area (Å²) in [6, 6.07) is 40.2. The number of hydrogen-bond donors (Lipinski definition) is 0. The summed E-state index contributed by atoms with van der Waals surface area (Å²) < 4.78 is 5.52. The highest BCUT2D eigenvalue weighted by molar-refractivity contribution is 6.14. The largest absolute Gasteiger partial charge is 0.467 e. The molecule has 0 aliphatic heterocycles. The summed E-state index contributed by atoms with van der Waals surface area (Å²) in [5.41, 5.74) is 2.78. The van der Waals surface area contributed by atoms with E-state index in [1.54, 1.807) is 0 Å². The molecule has 4 rings (SSSR count). The third-order valence-corrected chi connectivity index (χ3v) is 6.75. The van der Waals surface area contributed by atoms with E-state index in [1.165, 1.54) is 7.11 Å². The number of ether oxygens (including phenoxy) is 1. The van der Waals surface area contributed by atoms with Gasteiger partial charge >= 0.3 is 5.97 Å². The van der Waals surface area contributed by atoms with Gasteiger partial charge in [-0.2, -0.15) is 0 Å². The number of carbonyl (C=O) groups excluding carboxylic acids is 1. The number of rotatable bonds is 8. The molecule has 0 spiro atoms. The van der Waals surface area contributed by atoms with Crippen molar-refractivity contribution in [1.82, 2.24) is 0 Å². The zero-order valence-electron chi connectivity index (χ0n) is 20.5. The van der Waals surface area contributed by atoms with Gasteiger partial charge in [-0.25, -0.2) is 4.79 Å². The number of aliphatic imine (C=N–C) groups is 1. The molecule has 0 fully saturated rings. The van der Waals surface area contributed by atoms with Crippen LogP contribution in [0.1, 0.15) is 36.1 Å². The van der Waals surface area contributed by atoms with Crippen molar-refractivity contribution in [2.45, 2.75) is 31.2 Å². The van der Waals surface area contributed by atoms with Gasteiger partial charge in [0.05, 0.1) is 12.8 Å². The number of hydrogen-bond acceptors (Lipinski definition) is 3. The van der Waals surface area contributed by atoms with Crippen molar-refractivity contribution in [3.05, 3.63) is 144 Å². The van der Waals surface area contributed by atoms with E-state index in [4.69, 9.17) is 9.73 Å². The minimum atomic E-state index is -1.23. The van der Waals surface area contributed by atoms with Crippen molar-refractivity contribution in [2.24, 2.45) is 4.99 Å². The molecule has 4 aromatic rings. The van der Waals surface area contributed by atoms with Crippen LogP contribution in [0, 0.1) is 0 Å². The minimum Gasteiger partial charge on any atom is -0.467 e. The summed E-state index contributed by atoms with van der Waals surface area (Å²) in [7, 11) is 1.45. The Balaban J connectivity index is 2.05. The third-order valence-electron chi connectivity index (χ3n) is 6.75. The van der Waals surface area contributed by atoms with Crippen LogP contribution in [0.4, 0.5) is 0 Å². The van der Waals surface area contributed by atoms with Gasteiger partial charge in [0.2, 0.25) is 0 Å². The predicted molar refractivity (Wildman–Crippen MR) is 143 cm³/mol. The molecule has 3 nitrogen and oxygen atoms in total. The van der Waals surface area contributed by atoms with Crippen LogP contribution in [0.2, 0.25) is 0 Å². The Morgan fingerprint density at radius 3 is 1.57 bits per heavy atom. The fraction of sp³-hybridized carbons (Fsp3) is 0.188. The highest BCUT2D eigenvalue weighted by Gasteiger charge is 2.53. The monoisotopic (exact) mass is 461 g/mol. The molecule has 3 heteroatoms. The lowest BCUT2D eigenvalue weighted by atomic mass is 9.65. The quantitative estimate of drug-likeness (QED) is 0.217. The molecule has 0 heterocycles. The Bertz CT molecular complexity index is 1220. The van der Waals surface area contributed by atoms with Gasteiger partial charge in [0, 0.05) is 23.0 Å². The second-order valence-corrected chi connectivity index (χ2v) is 9.20. The second kappa shape index (κ2) is 10.5. The van der Waals surface area contributed by atoms with Gasteiger partial charge in [0.15, 0.2) is 5.54 Å². The van der Waals surface area contributed by atoms with Gasteiger partial charge in [0.1, 0.15) is 0 Å². The smallest absolute Gasteiger partial charge is 0.335 e. The SMILES string of the molecule is COC(=O)C(Cc1ccccc1)(N=C(c1ccccc1)c1ccccc1)C(C)(C)c1ccccc1. The normalized spacial score (nSPS) is 12.9. The van der Waals surface area contributed by atoms with Crippen molar-refractivity contribution < 1.29 is 9.53 Å². The van der Waals surface area contributed by atoms with Crippen LogP contribution in [0.5, 0.6) is 0 Å². The first kappa shape index (κ1) is 24.2. The number of carbonyl (C=O) groups is 1. The van der Waals surface area contributed by atoms with E-state index < -0.39 is 11.0 Å². The maximum atomic E-state index is 13.9. The molecule has 0 saturated carbocycles. The van der Waals surface area contributed by atoms with E-state index in [9.17, 15) is 4.79 Å². The van der Waals surface area contributed by atoms with Gasteiger partial charge in [-0.05, 0) is 11.1 Å². The number of esters is 1. The first-order valence-electron chi connectivity index (χ1n) is 11.9. The van der Waals surface area contributed by atoms with E-state index in [-0.39, 0.29) is 5.97 Å². The first-order valence-corrected chi connectivity index (χ1v) is 11.9. The molecule has 1 atom stereocenters. The number of benzene rings is 4. The average Bonchev–Trinajstić information content (AvgIpc) is 2.92. The van der Waals surface area contributed by atoms with Crippen LogP contribution in [0.3, 0.4) is 0 Å². The first-order chi connectivity index (χ1) is 17.0. The summed E-state index contributed by atoms with van der Waals surface area (Å²) in [5.74, 6) is -0.362. The Kier molecular flexibility index (Phi) is 7.26. The standard InChI is InChI=1S/C32H31NO2/c1-31(2,28-22-14-7-15-23-28)32(30(34)35-3,24-25-16-8-4-9-17-25)33-29(26-18-10-5-11-19-26)27-20-12-6-13-21-27/h4-23H,24H2,1-3H3. The Labute approximate surface area is 208 Å². The Morgan fingerprint density at radius 2 is 1.11 bits per heavy atom. The van der Waals surface area contributed by atoms with Gasteiger partial charge < -0.3 is 4.74 Å². The zero-order chi connectivity index (χ0) is 24.7. The van der Waals surface area contributed by atoms with Crippen molar-refractivity contribution in [1.29, 1.82) is 0 Å². The zero-order valence-corrected chi connectivity index (χ0v) is 20.5. The summed E-state index contributed by atoms with van der Waals surface area (Å²) in [5, 5.41) is 0. The maximum absolute atomic E-state index is 13.9. The Morgan fingerprint density at radius 1 is 0.686 bits per heavy atom. The summed E-state index contributed by atoms with van der Waals surface area (Å²) in [6.45, 7) is 4.17. The van der Waals surface area contributed by atoms with E-state index in [0.717, 1.165) is 28.0 Å². The molecule has 0 aliphatic carbocycles. The number of nitrogens with zero attached hydrogens (tertiary/aromatic N) is 1. The minimum absolute atomic E-state index is 0.362. The molecule has 0 radical (unpaired) electrons. The lowest BCUT2D eigenvalue weighted by molar-refractivity contribution is -0.149. The van der Waals surface area contributed by atoms with Crippen LogP contribution < -0.4 is 0 Å².